The summed E-state index contributed by atoms with van der Waals surface area (Å²) in [5.74, 6) is 0. The van der Waals surface area contributed by atoms with E-state index in [1.807, 2.05) is 18.2 Å². The minimum Gasteiger partial charge on any atom is -0.289 e. The van der Waals surface area contributed by atoms with Crippen LogP contribution < -0.4 is 0 Å². The Morgan fingerprint density at radius 2 is 1.79 bits per heavy atom. The van der Waals surface area contributed by atoms with Gasteiger partial charge in [-0.2, -0.15) is 5.26 Å². The van der Waals surface area contributed by atoms with E-state index in [-0.39, 0.29) is 0 Å². The average Bonchev–Trinajstić information content (AvgIpc) is 2.62. The number of benzene rings is 2. The van der Waals surface area contributed by atoms with Gasteiger partial charge in [-0.1, -0.05) is 61.0 Å². The summed E-state index contributed by atoms with van der Waals surface area (Å²) in [7, 11) is 0. The van der Waals surface area contributed by atoms with E-state index in [9.17, 15) is 5.26 Å². The summed E-state index contributed by atoms with van der Waals surface area (Å²) < 4.78 is 0. The fourth-order valence-electron chi connectivity index (χ4n) is 4.22. The normalized spacial score (nSPS) is 23.4. The molecule has 4 rings (SSSR count). The molecule has 120 valence electrons. The second-order valence-electron chi connectivity index (χ2n) is 6.86. The van der Waals surface area contributed by atoms with E-state index in [1.54, 1.807) is 0 Å². The minimum absolute atomic E-state index is 0.499. The van der Waals surface area contributed by atoms with Crippen LogP contribution in [0, 0.1) is 11.3 Å². The monoisotopic (exact) mass is 314 g/mol. The molecule has 0 spiro atoms. The highest BCUT2D eigenvalue weighted by Gasteiger charge is 2.34. The van der Waals surface area contributed by atoms with E-state index in [4.69, 9.17) is 0 Å². The summed E-state index contributed by atoms with van der Waals surface area (Å²) in [5, 5.41) is 9.41. The van der Waals surface area contributed by atoms with Gasteiger partial charge in [0.2, 0.25) is 0 Å². The molecule has 0 N–H and O–H groups in total. The smallest absolute Gasteiger partial charge is 0.0998 e. The molecule has 24 heavy (non-hydrogen) atoms. The molecule has 2 nitrogen and oxygen atoms in total. The molecule has 2 aliphatic rings. The van der Waals surface area contributed by atoms with Gasteiger partial charge in [-0.3, -0.25) is 4.90 Å². The van der Waals surface area contributed by atoms with Crippen LogP contribution in [0.1, 0.15) is 42.4 Å². The Morgan fingerprint density at radius 1 is 1.00 bits per heavy atom. The number of hydrogen-bond donors (Lipinski definition) is 0. The Kier molecular flexibility index (Phi) is 4.19. The Morgan fingerprint density at radius 3 is 2.58 bits per heavy atom. The van der Waals surface area contributed by atoms with E-state index < -0.39 is 0 Å². The number of nitrogens with zero attached hydrogens (tertiary/aromatic N) is 2. The summed E-state index contributed by atoms with van der Waals surface area (Å²) in [6.07, 6.45) is 7.28. The van der Waals surface area contributed by atoms with Gasteiger partial charge in [-0.15, -0.1) is 0 Å². The molecule has 2 bridgehead atoms. The first kappa shape index (κ1) is 15.2. The van der Waals surface area contributed by atoms with Gasteiger partial charge in [0.25, 0.3) is 0 Å². The lowest BCUT2D eigenvalue weighted by Gasteiger charge is -2.45. The van der Waals surface area contributed by atoms with Crippen molar-refractivity contribution < 1.29 is 0 Å². The van der Waals surface area contributed by atoms with Gasteiger partial charge >= 0.3 is 0 Å². The zero-order chi connectivity index (χ0) is 16.4. The second-order valence-corrected chi connectivity index (χ2v) is 6.86. The van der Waals surface area contributed by atoms with Crippen molar-refractivity contribution in [2.45, 2.75) is 44.3 Å². The van der Waals surface area contributed by atoms with Gasteiger partial charge < -0.3 is 0 Å². The van der Waals surface area contributed by atoms with Crippen LogP contribution in [-0.4, -0.2) is 17.0 Å². The Labute approximate surface area is 144 Å². The summed E-state index contributed by atoms with van der Waals surface area (Å²) in [6.45, 7) is 1.03. The molecule has 2 unspecified atom stereocenters. The van der Waals surface area contributed by atoms with Gasteiger partial charge in [-0.05, 0) is 42.0 Å². The van der Waals surface area contributed by atoms with Crippen LogP contribution in [0.4, 0.5) is 0 Å². The van der Waals surface area contributed by atoms with E-state index >= 15 is 0 Å². The summed E-state index contributed by atoms with van der Waals surface area (Å²) in [4.78, 5) is 2.66. The van der Waals surface area contributed by atoms with E-state index in [0.29, 0.717) is 12.1 Å². The van der Waals surface area contributed by atoms with Gasteiger partial charge in [0.1, 0.15) is 0 Å². The number of piperidine rings is 1. The van der Waals surface area contributed by atoms with E-state index in [0.717, 1.165) is 24.1 Å². The van der Waals surface area contributed by atoms with Gasteiger partial charge in [0.15, 0.2) is 0 Å². The van der Waals surface area contributed by atoms with Crippen LogP contribution in [0.2, 0.25) is 0 Å². The van der Waals surface area contributed by atoms with Crippen LogP contribution in [0.5, 0.6) is 0 Å². The molecular weight excluding hydrogens is 292 g/mol. The molecule has 2 heterocycles. The lowest BCUT2D eigenvalue weighted by molar-refractivity contribution is 0.0951. The van der Waals surface area contributed by atoms with Crippen LogP contribution in [0.3, 0.4) is 0 Å². The van der Waals surface area contributed by atoms with Crippen LogP contribution in [0.25, 0.3) is 5.57 Å². The quantitative estimate of drug-likeness (QED) is 0.816. The van der Waals surface area contributed by atoms with Gasteiger partial charge in [0.05, 0.1) is 11.6 Å². The number of nitriles is 1. The zero-order valence-corrected chi connectivity index (χ0v) is 13.9. The highest BCUT2D eigenvalue weighted by molar-refractivity contribution is 5.72. The Bertz CT molecular complexity index is 785. The Balaban J connectivity index is 1.64. The summed E-state index contributed by atoms with van der Waals surface area (Å²) >= 11 is 0. The number of hydrogen-bond acceptors (Lipinski definition) is 2. The van der Waals surface area contributed by atoms with Crippen molar-refractivity contribution in [1.29, 1.82) is 5.26 Å². The second kappa shape index (κ2) is 6.63. The van der Waals surface area contributed by atoms with Crippen molar-refractivity contribution in [3.05, 3.63) is 77.4 Å². The van der Waals surface area contributed by atoms with Crippen molar-refractivity contribution in [1.82, 2.24) is 4.90 Å². The molecule has 1 saturated heterocycles. The van der Waals surface area contributed by atoms with Crippen molar-refractivity contribution in [3.8, 4) is 6.07 Å². The maximum absolute atomic E-state index is 9.41. The maximum Gasteiger partial charge on any atom is 0.0998 e. The number of fused-ring (bicyclic) bond motifs is 2. The molecule has 0 radical (unpaired) electrons. The third-order valence-corrected chi connectivity index (χ3v) is 5.38. The molecule has 2 aromatic carbocycles. The molecule has 0 aliphatic carbocycles. The fourth-order valence-corrected chi connectivity index (χ4v) is 4.22. The molecule has 0 saturated carbocycles. The van der Waals surface area contributed by atoms with Crippen molar-refractivity contribution in [2.75, 3.05) is 0 Å². The maximum atomic E-state index is 9.41. The first-order valence-corrected chi connectivity index (χ1v) is 8.85. The first-order chi connectivity index (χ1) is 11.8. The van der Waals surface area contributed by atoms with Crippen LogP contribution in [-0.2, 0) is 6.54 Å². The molecule has 2 aliphatic heterocycles. The van der Waals surface area contributed by atoms with E-state index in [2.05, 4.69) is 53.4 Å². The standard InChI is InChI=1S/C22H22N2/c23-15-18-9-4-5-12-22(18)19-13-20-10-6-11-21(14-19)24(20)16-17-7-2-1-3-8-17/h1-5,7-9,12-13,20-21H,6,10-11,14,16H2. The largest absolute Gasteiger partial charge is 0.289 e. The van der Waals surface area contributed by atoms with Crippen LogP contribution in [0.15, 0.2) is 60.7 Å². The zero-order valence-electron chi connectivity index (χ0n) is 13.9. The predicted octanol–water partition coefficient (Wildman–Crippen LogP) is 4.77. The van der Waals surface area contributed by atoms with Gasteiger partial charge in [-0.25, -0.2) is 0 Å². The summed E-state index contributed by atoms with van der Waals surface area (Å²) in [6, 6.07) is 22.3. The Hall–Kier alpha value is -2.37. The molecule has 2 heteroatoms. The molecule has 2 aromatic rings. The lowest BCUT2D eigenvalue weighted by atomic mass is 9.81. The van der Waals surface area contributed by atoms with Crippen molar-refractivity contribution in [2.24, 2.45) is 0 Å². The highest BCUT2D eigenvalue weighted by atomic mass is 15.2. The molecule has 0 aromatic heterocycles. The molecular formula is C22H22N2. The highest BCUT2D eigenvalue weighted by Crippen LogP contribution is 2.38. The topological polar surface area (TPSA) is 27.0 Å². The molecule has 1 fully saturated rings. The van der Waals surface area contributed by atoms with Gasteiger partial charge in [0, 0.05) is 18.6 Å². The number of rotatable bonds is 3. The van der Waals surface area contributed by atoms with E-state index in [1.165, 1.54) is 30.4 Å². The molecule has 0 amide bonds. The predicted molar refractivity (Wildman–Crippen MR) is 97.2 cm³/mol. The fraction of sp³-hybridized carbons (Fsp3) is 0.318. The first-order valence-electron chi connectivity index (χ1n) is 8.85. The summed E-state index contributed by atoms with van der Waals surface area (Å²) in [5.41, 5.74) is 4.70. The lowest BCUT2D eigenvalue weighted by Crippen LogP contribution is -2.47. The van der Waals surface area contributed by atoms with Crippen LogP contribution >= 0.6 is 0 Å². The van der Waals surface area contributed by atoms with Crippen molar-refractivity contribution in [3.63, 3.8) is 0 Å². The molecule has 2 atom stereocenters. The SMILES string of the molecule is N#Cc1ccccc1C1=CC2CCCC(C1)N2Cc1ccccc1. The third kappa shape index (κ3) is 2.88. The third-order valence-electron chi connectivity index (χ3n) is 5.38. The van der Waals surface area contributed by atoms with Crippen molar-refractivity contribution >= 4 is 5.57 Å². The minimum atomic E-state index is 0.499. The average molecular weight is 314 g/mol.